The summed E-state index contributed by atoms with van der Waals surface area (Å²) in [5.41, 5.74) is 2.76. The molecule has 23 heavy (non-hydrogen) atoms. The number of phenols is 2. The third kappa shape index (κ3) is 1.69. The van der Waals surface area contributed by atoms with E-state index in [1.807, 2.05) is 24.3 Å². The van der Waals surface area contributed by atoms with Gasteiger partial charge in [0.2, 0.25) is 0 Å². The molecule has 0 aromatic heterocycles. The smallest absolute Gasteiger partial charge is 0.115 e. The SMILES string of the molecule is Oc1ccc(C2(c3ccc(O)cc3)C3CC4CC(C3)C2C4)cc1. The summed E-state index contributed by atoms with van der Waals surface area (Å²) < 4.78 is 0. The third-order valence-corrected chi connectivity index (χ3v) is 6.92. The number of aromatic hydroxyl groups is 2. The fourth-order valence-electron chi connectivity index (χ4n) is 6.33. The molecule has 4 fully saturated rings. The van der Waals surface area contributed by atoms with Gasteiger partial charge in [-0.2, -0.15) is 0 Å². The molecule has 0 amide bonds. The molecule has 2 heteroatoms. The largest absolute Gasteiger partial charge is 0.508 e. The van der Waals surface area contributed by atoms with E-state index >= 15 is 0 Å². The Morgan fingerprint density at radius 3 is 1.78 bits per heavy atom. The predicted molar refractivity (Wildman–Crippen MR) is 89.4 cm³/mol. The van der Waals surface area contributed by atoms with Crippen LogP contribution in [-0.2, 0) is 5.41 Å². The maximum absolute atomic E-state index is 9.72. The molecule has 4 unspecified atom stereocenters. The summed E-state index contributed by atoms with van der Waals surface area (Å²) in [4.78, 5) is 0. The third-order valence-electron chi connectivity index (χ3n) is 6.92. The minimum atomic E-state index is 0.0685. The zero-order valence-corrected chi connectivity index (χ0v) is 13.2. The van der Waals surface area contributed by atoms with E-state index in [0.29, 0.717) is 23.3 Å². The predicted octanol–water partition coefficient (Wildman–Crippen LogP) is 4.45. The van der Waals surface area contributed by atoms with Gasteiger partial charge in [-0.1, -0.05) is 24.3 Å². The quantitative estimate of drug-likeness (QED) is 0.860. The average Bonchev–Trinajstić information content (AvgIpc) is 2.96. The topological polar surface area (TPSA) is 40.5 Å². The fraction of sp³-hybridized carbons (Fsp3) is 0.429. The van der Waals surface area contributed by atoms with Crippen molar-refractivity contribution in [1.82, 2.24) is 0 Å². The van der Waals surface area contributed by atoms with Crippen molar-refractivity contribution in [2.75, 3.05) is 0 Å². The highest BCUT2D eigenvalue weighted by atomic mass is 16.3. The lowest BCUT2D eigenvalue weighted by molar-refractivity contribution is 0.186. The summed E-state index contributed by atoms with van der Waals surface area (Å²) >= 11 is 0. The molecule has 4 aliphatic rings. The van der Waals surface area contributed by atoms with Crippen LogP contribution in [0.3, 0.4) is 0 Å². The normalized spacial score (nSPS) is 33.2. The van der Waals surface area contributed by atoms with Crippen molar-refractivity contribution < 1.29 is 10.2 Å². The van der Waals surface area contributed by atoms with Gasteiger partial charge in [-0.05, 0) is 84.7 Å². The molecule has 6 rings (SSSR count). The number of benzene rings is 2. The summed E-state index contributed by atoms with van der Waals surface area (Å²) in [6, 6.07) is 15.8. The van der Waals surface area contributed by atoms with Crippen LogP contribution in [-0.4, -0.2) is 10.2 Å². The number of phenolic OH excluding ortho intramolecular Hbond substituents is 2. The van der Waals surface area contributed by atoms with E-state index in [4.69, 9.17) is 0 Å². The van der Waals surface area contributed by atoms with Crippen molar-refractivity contribution in [2.45, 2.75) is 31.1 Å². The van der Waals surface area contributed by atoms with E-state index in [1.165, 1.54) is 36.8 Å². The van der Waals surface area contributed by atoms with Gasteiger partial charge < -0.3 is 10.2 Å². The van der Waals surface area contributed by atoms with Crippen LogP contribution in [0.4, 0.5) is 0 Å². The first kappa shape index (κ1) is 13.5. The molecular formula is C21H22O2. The molecule has 4 bridgehead atoms. The lowest BCUT2D eigenvalue weighted by Crippen LogP contribution is -2.41. The highest BCUT2D eigenvalue weighted by molar-refractivity contribution is 5.47. The average molecular weight is 306 g/mol. The van der Waals surface area contributed by atoms with Crippen LogP contribution in [0.2, 0.25) is 0 Å². The van der Waals surface area contributed by atoms with Crippen molar-refractivity contribution >= 4 is 0 Å². The molecule has 4 atom stereocenters. The van der Waals surface area contributed by atoms with E-state index in [2.05, 4.69) is 24.3 Å². The minimum absolute atomic E-state index is 0.0685. The van der Waals surface area contributed by atoms with Crippen molar-refractivity contribution in [3.63, 3.8) is 0 Å². The molecule has 4 aliphatic carbocycles. The first-order chi connectivity index (χ1) is 11.2. The molecule has 2 aromatic rings. The molecule has 0 radical (unpaired) electrons. The van der Waals surface area contributed by atoms with Gasteiger partial charge in [0.25, 0.3) is 0 Å². The number of hydrogen-bond donors (Lipinski definition) is 2. The van der Waals surface area contributed by atoms with Gasteiger partial charge in [0, 0.05) is 5.41 Å². The molecule has 0 spiro atoms. The van der Waals surface area contributed by atoms with E-state index in [9.17, 15) is 10.2 Å². The minimum Gasteiger partial charge on any atom is -0.508 e. The Bertz CT molecular complexity index is 682. The Balaban J connectivity index is 1.73. The van der Waals surface area contributed by atoms with Crippen molar-refractivity contribution in [2.24, 2.45) is 23.7 Å². The van der Waals surface area contributed by atoms with Crippen LogP contribution in [0.5, 0.6) is 11.5 Å². The summed E-state index contributed by atoms with van der Waals surface area (Å²) in [7, 11) is 0. The van der Waals surface area contributed by atoms with Crippen LogP contribution in [0.25, 0.3) is 0 Å². The molecule has 2 nitrogen and oxygen atoms in total. The van der Waals surface area contributed by atoms with Crippen molar-refractivity contribution in [3.05, 3.63) is 59.7 Å². The van der Waals surface area contributed by atoms with Crippen LogP contribution in [0, 0.1) is 23.7 Å². The molecule has 0 saturated heterocycles. The van der Waals surface area contributed by atoms with Gasteiger partial charge in [-0.25, -0.2) is 0 Å². The maximum Gasteiger partial charge on any atom is 0.115 e. The number of rotatable bonds is 2. The molecule has 0 heterocycles. The van der Waals surface area contributed by atoms with Gasteiger partial charge in [0.1, 0.15) is 11.5 Å². The second-order valence-corrected chi connectivity index (χ2v) is 7.84. The fourth-order valence-corrected chi connectivity index (χ4v) is 6.33. The Morgan fingerprint density at radius 1 is 0.696 bits per heavy atom. The summed E-state index contributed by atoms with van der Waals surface area (Å²) in [5, 5.41) is 19.4. The molecule has 2 aromatic carbocycles. The summed E-state index contributed by atoms with van der Waals surface area (Å²) in [6.07, 6.45) is 5.40. The van der Waals surface area contributed by atoms with Crippen LogP contribution in [0.15, 0.2) is 48.5 Å². The van der Waals surface area contributed by atoms with Crippen LogP contribution >= 0.6 is 0 Å². The van der Waals surface area contributed by atoms with E-state index in [1.54, 1.807) is 0 Å². The first-order valence-electron chi connectivity index (χ1n) is 8.77. The first-order valence-corrected chi connectivity index (χ1v) is 8.77. The van der Waals surface area contributed by atoms with Gasteiger partial charge in [-0.3, -0.25) is 0 Å². The van der Waals surface area contributed by atoms with E-state index in [0.717, 1.165) is 11.8 Å². The van der Waals surface area contributed by atoms with E-state index in [-0.39, 0.29) is 5.41 Å². The second kappa shape index (κ2) is 4.53. The zero-order chi connectivity index (χ0) is 15.6. The van der Waals surface area contributed by atoms with Gasteiger partial charge in [0.05, 0.1) is 0 Å². The lowest BCUT2D eigenvalue weighted by Gasteiger charge is -2.46. The summed E-state index contributed by atoms with van der Waals surface area (Å²) in [6.45, 7) is 0. The Kier molecular flexibility index (Phi) is 2.66. The van der Waals surface area contributed by atoms with Crippen LogP contribution in [0.1, 0.15) is 36.8 Å². The lowest BCUT2D eigenvalue weighted by atomic mass is 9.57. The standard InChI is InChI=1S/C21H22O2/c22-18-5-1-15(2-6-18)21(16-3-7-19(23)8-4-16)17-10-13-9-14(12-17)20(21)11-13/h1-8,13-14,17,20,22-23H,9-12H2. The number of hydrogen-bond acceptors (Lipinski definition) is 2. The van der Waals surface area contributed by atoms with Crippen molar-refractivity contribution in [3.8, 4) is 11.5 Å². The monoisotopic (exact) mass is 306 g/mol. The molecule has 2 N–H and O–H groups in total. The zero-order valence-electron chi connectivity index (χ0n) is 13.2. The van der Waals surface area contributed by atoms with Gasteiger partial charge in [0.15, 0.2) is 0 Å². The van der Waals surface area contributed by atoms with Crippen LogP contribution < -0.4 is 0 Å². The van der Waals surface area contributed by atoms with E-state index < -0.39 is 0 Å². The van der Waals surface area contributed by atoms with Gasteiger partial charge in [-0.15, -0.1) is 0 Å². The van der Waals surface area contributed by atoms with Gasteiger partial charge >= 0.3 is 0 Å². The second-order valence-electron chi connectivity index (χ2n) is 7.84. The molecular weight excluding hydrogens is 284 g/mol. The highest BCUT2D eigenvalue weighted by Crippen LogP contribution is 2.69. The highest BCUT2D eigenvalue weighted by Gasteiger charge is 2.63. The Morgan fingerprint density at radius 2 is 1.26 bits per heavy atom. The Labute approximate surface area is 136 Å². The Hall–Kier alpha value is -1.96. The summed E-state index contributed by atoms with van der Waals surface area (Å²) in [5.74, 6) is 3.84. The molecule has 4 saturated carbocycles. The van der Waals surface area contributed by atoms with Crippen molar-refractivity contribution in [1.29, 1.82) is 0 Å². The maximum atomic E-state index is 9.72. The molecule has 0 aliphatic heterocycles. The molecule has 118 valence electrons.